The van der Waals surface area contributed by atoms with E-state index in [-0.39, 0.29) is 29.8 Å². The average molecular weight is 357 g/mol. The molecule has 0 saturated heterocycles. The number of hydrogen-bond acceptors (Lipinski definition) is 4. The Labute approximate surface area is 150 Å². The lowest BCUT2D eigenvalue weighted by molar-refractivity contribution is 0.413. The van der Waals surface area contributed by atoms with Crippen molar-refractivity contribution in [2.45, 2.75) is 44.0 Å². The minimum absolute atomic E-state index is 0.0432. The molecule has 0 aliphatic carbocycles. The molecule has 0 N–H and O–H groups in total. The van der Waals surface area contributed by atoms with Crippen molar-refractivity contribution in [3.05, 3.63) is 59.9 Å². The third-order valence-corrected chi connectivity index (χ3v) is 5.77. The lowest BCUT2D eigenvalue weighted by Crippen LogP contribution is -2.31. The van der Waals surface area contributed by atoms with Crippen LogP contribution in [-0.4, -0.2) is 24.3 Å². The second kappa shape index (κ2) is 7.77. The van der Waals surface area contributed by atoms with E-state index in [4.69, 9.17) is 5.26 Å². The van der Waals surface area contributed by atoms with E-state index in [9.17, 15) is 8.42 Å². The number of nitriles is 1. The van der Waals surface area contributed by atoms with Gasteiger partial charge in [0.1, 0.15) is 0 Å². The molecule has 2 rings (SSSR count). The first kappa shape index (κ1) is 19.1. The van der Waals surface area contributed by atoms with Crippen LogP contribution in [0.1, 0.15) is 38.3 Å². The smallest absolute Gasteiger partial charge is 0.243 e. The lowest BCUT2D eigenvalue weighted by atomic mass is 9.87. The molecule has 0 radical (unpaired) electrons. The average Bonchev–Trinajstić information content (AvgIpc) is 2.58. The molecule has 2 aromatic rings. The third kappa shape index (κ3) is 4.88. The van der Waals surface area contributed by atoms with Crippen molar-refractivity contribution in [1.29, 1.82) is 5.26 Å². The molecule has 25 heavy (non-hydrogen) atoms. The van der Waals surface area contributed by atoms with Gasteiger partial charge >= 0.3 is 0 Å². The Morgan fingerprint density at radius 1 is 1.16 bits per heavy atom. The first-order chi connectivity index (χ1) is 11.7. The third-order valence-electron chi connectivity index (χ3n) is 3.91. The molecule has 0 aliphatic rings. The summed E-state index contributed by atoms with van der Waals surface area (Å²) in [6.07, 6.45) is 3.42. The summed E-state index contributed by atoms with van der Waals surface area (Å²) in [5, 5.41) is 8.86. The van der Waals surface area contributed by atoms with E-state index in [1.165, 1.54) is 4.31 Å². The van der Waals surface area contributed by atoms with Gasteiger partial charge in [0.15, 0.2) is 0 Å². The van der Waals surface area contributed by atoms with Crippen LogP contribution in [0.25, 0.3) is 0 Å². The van der Waals surface area contributed by atoms with E-state index >= 15 is 0 Å². The van der Waals surface area contributed by atoms with E-state index in [0.29, 0.717) is 0 Å². The van der Waals surface area contributed by atoms with Crippen LogP contribution in [-0.2, 0) is 22.0 Å². The van der Waals surface area contributed by atoms with Gasteiger partial charge in [-0.2, -0.15) is 9.57 Å². The topological polar surface area (TPSA) is 74.1 Å². The van der Waals surface area contributed by atoms with Gasteiger partial charge in [-0.1, -0.05) is 39.0 Å². The van der Waals surface area contributed by atoms with Gasteiger partial charge in [-0.3, -0.25) is 4.98 Å². The Hall–Kier alpha value is -2.23. The van der Waals surface area contributed by atoms with Gasteiger partial charge in [-0.25, -0.2) is 8.42 Å². The van der Waals surface area contributed by atoms with E-state index in [1.54, 1.807) is 30.6 Å². The maximum absolute atomic E-state index is 13.0. The van der Waals surface area contributed by atoms with Crippen molar-refractivity contribution >= 4 is 10.0 Å². The molecule has 6 heteroatoms. The SMILES string of the molecule is CC(C)(C)c1ccc(S(=O)(=O)N(CCC#N)Cc2cccnc2)cc1. The van der Waals surface area contributed by atoms with Gasteiger partial charge in [-0.05, 0) is 34.7 Å². The number of hydrogen-bond donors (Lipinski definition) is 0. The van der Waals surface area contributed by atoms with Crippen LogP contribution in [0.15, 0.2) is 53.7 Å². The number of benzene rings is 1. The molecule has 1 heterocycles. The monoisotopic (exact) mass is 357 g/mol. The molecule has 5 nitrogen and oxygen atoms in total. The minimum atomic E-state index is -3.68. The van der Waals surface area contributed by atoms with Crippen molar-refractivity contribution in [3.8, 4) is 6.07 Å². The van der Waals surface area contributed by atoms with Gasteiger partial charge in [0, 0.05) is 31.9 Å². The Kier molecular flexibility index (Phi) is 5.93. The highest BCUT2D eigenvalue weighted by Crippen LogP contribution is 2.25. The van der Waals surface area contributed by atoms with Crippen LogP contribution >= 0.6 is 0 Å². The second-order valence-electron chi connectivity index (χ2n) is 6.88. The molecule has 0 bridgehead atoms. The Morgan fingerprint density at radius 2 is 1.84 bits per heavy atom. The normalized spacial score (nSPS) is 12.1. The molecular weight excluding hydrogens is 334 g/mol. The largest absolute Gasteiger partial charge is 0.264 e. The van der Waals surface area contributed by atoms with Crippen LogP contribution in [0.2, 0.25) is 0 Å². The minimum Gasteiger partial charge on any atom is -0.264 e. The second-order valence-corrected chi connectivity index (χ2v) is 8.82. The van der Waals surface area contributed by atoms with Gasteiger partial charge in [0.2, 0.25) is 10.0 Å². The molecule has 0 unspecified atom stereocenters. The van der Waals surface area contributed by atoms with Gasteiger partial charge in [-0.15, -0.1) is 0 Å². The molecule has 1 aromatic carbocycles. The van der Waals surface area contributed by atoms with Crippen LogP contribution in [0, 0.1) is 11.3 Å². The first-order valence-electron chi connectivity index (χ1n) is 8.11. The molecule has 1 aromatic heterocycles. The van der Waals surface area contributed by atoms with E-state index in [1.807, 2.05) is 24.3 Å². The van der Waals surface area contributed by atoms with Crippen LogP contribution in [0.3, 0.4) is 0 Å². The molecule has 0 saturated carbocycles. The standard InChI is InChI=1S/C19H23N3O2S/c1-19(2,3)17-7-9-18(10-8-17)25(23,24)22(13-5-11-20)15-16-6-4-12-21-14-16/h4,6-10,12,14H,5,13,15H2,1-3H3. The highest BCUT2D eigenvalue weighted by atomic mass is 32.2. The van der Waals surface area contributed by atoms with Crippen molar-refractivity contribution in [1.82, 2.24) is 9.29 Å². The first-order valence-corrected chi connectivity index (χ1v) is 9.56. The summed E-state index contributed by atoms with van der Waals surface area (Å²) >= 11 is 0. The maximum Gasteiger partial charge on any atom is 0.243 e. The van der Waals surface area contributed by atoms with Gasteiger partial charge in [0.25, 0.3) is 0 Å². The molecule has 0 amide bonds. The van der Waals surface area contributed by atoms with Crippen LogP contribution in [0.4, 0.5) is 0 Å². The van der Waals surface area contributed by atoms with Crippen LogP contribution < -0.4 is 0 Å². The summed E-state index contributed by atoms with van der Waals surface area (Å²) in [5.74, 6) is 0. The summed E-state index contributed by atoms with van der Waals surface area (Å²) in [6, 6.07) is 12.6. The molecule has 0 fully saturated rings. The van der Waals surface area contributed by atoms with Crippen molar-refractivity contribution in [2.24, 2.45) is 0 Å². The number of rotatable bonds is 6. The van der Waals surface area contributed by atoms with E-state index in [2.05, 4.69) is 25.8 Å². The molecule has 0 aliphatic heterocycles. The summed E-state index contributed by atoms with van der Waals surface area (Å²) in [5.41, 5.74) is 1.82. The maximum atomic E-state index is 13.0. The Balaban J connectivity index is 2.32. The predicted octanol–water partition coefficient (Wildman–Crippen LogP) is 3.48. The number of nitrogens with zero attached hydrogens (tertiary/aromatic N) is 3. The van der Waals surface area contributed by atoms with E-state index in [0.717, 1.165) is 11.1 Å². The van der Waals surface area contributed by atoms with Crippen molar-refractivity contribution in [2.75, 3.05) is 6.54 Å². The highest BCUT2D eigenvalue weighted by molar-refractivity contribution is 7.89. The Morgan fingerprint density at radius 3 is 2.36 bits per heavy atom. The van der Waals surface area contributed by atoms with Crippen molar-refractivity contribution < 1.29 is 8.42 Å². The molecule has 0 spiro atoms. The van der Waals surface area contributed by atoms with Gasteiger partial charge in [0.05, 0.1) is 11.0 Å². The number of pyridine rings is 1. The molecule has 132 valence electrons. The predicted molar refractivity (Wildman–Crippen MR) is 97.2 cm³/mol. The quantitative estimate of drug-likeness (QED) is 0.793. The van der Waals surface area contributed by atoms with Crippen molar-refractivity contribution in [3.63, 3.8) is 0 Å². The molecule has 0 atom stereocenters. The number of aromatic nitrogens is 1. The lowest BCUT2D eigenvalue weighted by Gasteiger charge is -2.23. The Bertz CT molecular complexity index is 833. The fourth-order valence-electron chi connectivity index (χ4n) is 2.43. The highest BCUT2D eigenvalue weighted by Gasteiger charge is 2.25. The van der Waals surface area contributed by atoms with E-state index < -0.39 is 10.0 Å². The fraction of sp³-hybridized carbons (Fsp3) is 0.368. The van der Waals surface area contributed by atoms with Gasteiger partial charge < -0.3 is 0 Å². The summed E-state index contributed by atoms with van der Waals surface area (Å²) in [6.45, 7) is 6.59. The zero-order valence-electron chi connectivity index (χ0n) is 14.8. The summed E-state index contributed by atoms with van der Waals surface area (Å²) in [4.78, 5) is 4.26. The molecular formula is C19H23N3O2S. The van der Waals surface area contributed by atoms with Crippen LogP contribution in [0.5, 0.6) is 0 Å². The zero-order valence-corrected chi connectivity index (χ0v) is 15.6. The number of sulfonamides is 1. The zero-order chi connectivity index (χ0) is 18.5. The summed E-state index contributed by atoms with van der Waals surface area (Å²) < 4.78 is 27.3. The summed E-state index contributed by atoms with van der Waals surface area (Å²) in [7, 11) is -3.68. The fourth-order valence-corrected chi connectivity index (χ4v) is 3.86.